The summed E-state index contributed by atoms with van der Waals surface area (Å²) in [7, 11) is -3.64. The predicted octanol–water partition coefficient (Wildman–Crippen LogP) is 4.68. The molecule has 0 aliphatic heterocycles. The number of hydrogen-bond donors (Lipinski definition) is 2. The van der Waals surface area contributed by atoms with E-state index in [-0.39, 0.29) is 18.1 Å². The highest BCUT2D eigenvalue weighted by Crippen LogP contribution is 2.25. The van der Waals surface area contributed by atoms with Gasteiger partial charge in [0.25, 0.3) is 0 Å². The van der Waals surface area contributed by atoms with E-state index in [1.54, 1.807) is 12.1 Å². The van der Waals surface area contributed by atoms with E-state index >= 15 is 0 Å². The van der Waals surface area contributed by atoms with Gasteiger partial charge in [-0.25, -0.2) is 13.1 Å². The Labute approximate surface area is 221 Å². The lowest BCUT2D eigenvalue weighted by atomic mass is 9.95. The van der Waals surface area contributed by atoms with Gasteiger partial charge in [0.05, 0.1) is 18.4 Å². The van der Waals surface area contributed by atoms with Gasteiger partial charge >= 0.3 is 0 Å². The molecule has 0 aliphatic rings. The average molecular weight is 523 g/mol. The van der Waals surface area contributed by atoms with Crippen molar-refractivity contribution in [2.75, 3.05) is 25.4 Å². The van der Waals surface area contributed by atoms with Gasteiger partial charge in [-0.2, -0.15) is 0 Å². The number of rotatable bonds is 15. The van der Waals surface area contributed by atoms with Gasteiger partial charge in [0.2, 0.25) is 10.0 Å². The molecule has 0 saturated carbocycles. The Hall–Kier alpha value is -2.84. The van der Waals surface area contributed by atoms with Crippen LogP contribution in [0.4, 0.5) is 0 Å². The van der Waals surface area contributed by atoms with Crippen molar-refractivity contribution in [1.82, 2.24) is 9.62 Å². The number of aryl methyl sites for hydroxylation is 1. The van der Waals surface area contributed by atoms with Crippen molar-refractivity contribution in [3.8, 4) is 11.1 Å². The molecule has 0 spiro atoms. The van der Waals surface area contributed by atoms with Crippen LogP contribution in [0.1, 0.15) is 48.2 Å². The molecule has 0 aliphatic carbocycles. The maximum absolute atomic E-state index is 13.5. The standard InChI is InChI=1S/C30H38N2O4S/c1-3-32(4-2)21-10-22-37(35,36)31-29(20-15-24-11-6-5-7-12-24)30(34)26-18-16-25(17-19-26)28-14-9-8-13-27(28)23-33/h5-9,11-14,16-19,29,31,33H,3-4,10,15,20-23H2,1-2H3/t29-/m1/s1. The zero-order valence-electron chi connectivity index (χ0n) is 21.8. The predicted molar refractivity (Wildman–Crippen MR) is 150 cm³/mol. The molecule has 7 heteroatoms. The van der Waals surface area contributed by atoms with Crippen LogP contribution in [0, 0.1) is 0 Å². The second-order valence-corrected chi connectivity index (χ2v) is 11.0. The van der Waals surface area contributed by atoms with E-state index in [0.29, 0.717) is 31.4 Å². The fraction of sp³-hybridized carbons (Fsp3) is 0.367. The van der Waals surface area contributed by atoms with E-state index in [1.807, 2.05) is 66.7 Å². The number of aliphatic hydroxyl groups is 1. The van der Waals surface area contributed by atoms with Gasteiger partial charge in [-0.15, -0.1) is 0 Å². The summed E-state index contributed by atoms with van der Waals surface area (Å²) in [6.45, 7) is 6.49. The van der Waals surface area contributed by atoms with E-state index in [9.17, 15) is 18.3 Å². The summed E-state index contributed by atoms with van der Waals surface area (Å²) >= 11 is 0. The van der Waals surface area contributed by atoms with Crippen LogP contribution in [-0.2, 0) is 23.1 Å². The summed E-state index contributed by atoms with van der Waals surface area (Å²) in [5.41, 5.74) is 4.10. The summed E-state index contributed by atoms with van der Waals surface area (Å²) in [4.78, 5) is 15.7. The number of Topliss-reactive ketones (excluding diaryl/α,β-unsaturated/α-hetero) is 1. The first-order chi connectivity index (χ1) is 17.9. The van der Waals surface area contributed by atoms with E-state index in [0.717, 1.165) is 35.3 Å². The second-order valence-electron chi connectivity index (χ2n) is 9.15. The van der Waals surface area contributed by atoms with Crippen LogP contribution in [0.2, 0.25) is 0 Å². The van der Waals surface area contributed by atoms with E-state index in [2.05, 4.69) is 23.5 Å². The molecular formula is C30H38N2O4S. The number of carbonyl (C=O) groups excluding carboxylic acids is 1. The van der Waals surface area contributed by atoms with Crippen LogP contribution in [0.25, 0.3) is 11.1 Å². The van der Waals surface area contributed by atoms with E-state index in [4.69, 9.17) is 0 Å². The first kappa shape index (κ1) is 28.7. The Morgan fingerprint density at radius 3 is 2.22 bits per heavy atom. The molecule has 0 unspecified atom stereocenters. The van der Waals surface area contributed by atoms with Crippen LogP contribution < -0.4 is 4.72 Å². The first-order valence-corrected chi connectivity index (χ1v) is 14.6. The van der Waals surface area contributed by atoms with Crippen molar-refractivity contribution < 1.29 is 18.3 Å². The summed E-state index contributed by atoms with van der Waals surface area (Å²) in [5.74, 6) is -0.264. The summed E-state index contributed by atoms with van der Waals surface area (Å²) in [6.07, 6.45) is 1.46. The van der Waals surface area contributed by atoms with Crippen molar-refractivity contribution in [1.29, 1.82) is 0 Å². The normalized spacial score (nSPS) is 12.5. The van der Waals surface area contributed by atoms with Crippen LogP contribution in [0.3, 0.4) is 0 Å². The Morgan fingerprint density at radius 1 is 0.919 bits per heavy atom. The minimum absolute atomic E-state index is 0.0184. The van der Waals surface area contributed by atoms with Crippen molar-refractivity contribution >= 4 is 15.8 Å². The van der Waals surface area contributed by atoms with E-state index < -0.39 is 16.1 Å². The number of nitrogens with zero attached hydrogens (tertiary/aromatic N) is 1. The quantitative estimate of drug-likeness (QED) is 0.283. The van der Waals surface area contributed by atoms with Crippen molar-refractivity contribution in [2.24, 2.45) is 0 Å². The van der Waals surface area contributed by atoms with Crippen LogP contribution >= 0.6 is 0 Å². The molecule has 0 aromatic heterocycles. The number of ketones is 1. The molecule has 0 radical (unpaired) electrons. The maximum Gasteiger partial charge on any atom is 0.212 e. The molecule has 198 valence electrons. The number of sulfonamides is 1. The Balaban J connectivity index is 1.77. The first-order valence-electron chi connectivity index (χ1n) is 13.0. The largest absolute Gasteiger partial charge is 0.392 e. The zero-order valence-corrected chi connectivity index (χ0v) is 22.6. The van der Waals surface area contributed by atoms with E-state index in [1.165, 1.54) is 0 Å². The molecule has 6 nitrogen and oxygen atoms in total. The second kappa shape index (κ2) is 14.2. The minimum Gasteiger partial charge on any atom is -0.392 e. The number of hydrogen-bond acceptors (Lipinski definition) is 5. The van der Waals surface area contributed by atoms with Gasteiger partial charge in [0, 0.05) is 5.56 Å². The smallest absolute Gasteiger partial charge is 0.212 e. The third kappa shape index (κ3) is 8.61. The highest BCUT2D eigenvalue weighted by atomic mass is 32.2. The lowest BCUT2D eigenvalue weighted by molar-refractivity contribution is 0.0949. The molecule has 0 amide bonds. The van der Waals surface area contributed by atoms with Crippen molar-refractivity contribution in [3.63, 3.8) is 0 Å². The molecule has 3 aromatic rings. The fourth-order valence-corrected chi connectivity index (χ4v) is 5.73. The summed E-state index contributed by atoms with van der Waals surface area (Å²) < 4.78 is 28.6. The molecule has 0 bridgehead atoms. The summed E-state index contributed by atoms with van der Waals surface area (Å²) in [5, 5.41) is 9.65. The molecule has 1 atom stereocenters. The molecule has 0 heterocycles. The third-order valence-corrected chi connectivity index (χ3v) is 8.12. The van der Waals surface area contributed by atoms with Crippen LogP contribution in [0.5, 0.6) is 0 Å². The number of aliphatic hydroxyl groups excluding tert-OH is 1. The van der Waals surface area contributed by atoms with Gasteiger partial charge in [0.15, 0.2) is 5.78 Å². The topological polar surface area (TPSA) is 86.7 Å². The zero-order chi connectivity index (χ0) is 26.7. The Bertz CT molecular complexity index is 1220. The van der Waals surface area contributed by atoms with Gasteiger partial charge in [-0.05, 0) is 61.2 Å². The molecule has 2 N–H and O–H groups in total. The summed E-state index contributed by atoms with van der Waals surface area (Å²) in [6, 6.07) is 23.6. The maximum atomic E-state index is 13.5. The lowest BCUT2D eigenvalue weighted by Gasteiger charge is -2.20. The third-order valence-electron chi connectivity index (χ3n) is 6.65. The monoisotopic (exact) mass is 522 g/mol. The molecular weight excluding hydrogens is 484 g/mol. The highest BCUT2D eigenvalue weighted by Gasteiger charge is 2.25. The molecule has 37 heavy (non-hydrogen) atoms. The highest BCUT2D eigenvalue weighted by molar-refractivity contribution is 7.89. The van der Waals surface area contributed by atoms with Gasteiger partial charge < -0.3 is 10.0 Å². The SMILES string of the molecule is CCN(CC)CCCS(=O)(=O)N[C@H](CCc1ccccc1)C(=O)c1ccc(-c2ccccc2CO)cc1. The van der Waals surface area contributed by atoms with Gasteiger partial charge in [-0.3, -0.25) is 4.79 Å². The van der Waals surface area contributed by atoms with Crippen molar-refractivity contribution in [2.45, 2.75) is 45.8 Å². The van der Waals surface area contributed by atoms with Crippen LogP contribution in [0.15, 0.2) is 78.9 Å². The van der Waals surface area contributed by atoms with Gasteiger partial charge in [-0.1, -0.05) is 92.7 Å². The van der Waals surface area contributed by atoms with Crippen LogP contribution in [-0.4, -0.2) is 55.6 Å². The molecule has 3 rings (SSSR count). The Morgan fingerprint density at radius 2 is 1.57 bits per heavy atom. The molecule has 0 fully saturated rings. The van der Waals surface area contributed by atoms with Gasteiger partial charge in [0.1, 0.15) is 0 Å². The number of nitrogens with one attached hydrogen (secondary N) is 1. The molecule has 0 saturated heterocycles. The number of carbonyl (C=O) groups is 1. The fourth-order valence-electron chi connectivity index (χ4n) is 4.45. The molecule has 3 aromatic carbocycles. The minimum atomic E-state index is -3.64. The number of benzene rings is 3. The average Bonchev–Trinajstić information content (AvgIpc) is 2.93. The lowest BCUT2D eigenvalue weighted by Crippen LogP contribution is -2.42. The van der Waals surface area contributed by atoms with Crippen molar-refractivity contribution in [3.05, 3.63) is 95.6 Å². The Kier molecular flexibility index (Phi) is 11.0.